The van der Waals surface area contributed by atoms with Crippen molar-refractivity contribution >= 4 is 21.7 Å². The summed E-state index contributed by atoms with van der Waals surface area (Å²) in [5.74, 6) is -2.22. The number of sulfone groups is 1. The minimum absolute atomic E-state index is 0.0828. The third-order valence-electron chi connectivity index (χ3n) is 2.12. The average Bonchev–Trinajstić information content (AvgIpc) is 2.23. The van der Waals surface area contributed by atoms with Crippen molar-refractivity contribution in [2.75, 3.05) is 31.1 Å². The van der Waals surface area contributed by atoms with Gasteiger partial charge in [0, 0.05) is 19.5 Å². The Bertz CT molecular complexity index is 404. The monoisotopic (exact) mass is 278 g/mol. The highest BCUT2D eigenvalue weighted by Crippen LogP contribution is 1.97. The summed E-state index contributed by atoms with van der Waals surface area (Å²) >= 11 is 0. The third-order valence-corrected chi connectivity index (χ3v) is 3.75. The number of primary amides is 1. The van der Waals surface area contributed by atoms with Crippen LogP contribution < -0.4 is 5.73 Å². The van der Waals surface area contributed by atoms with E-state index in [1.54, 1.807) is 0 Å². The molecule has 0 atom stereocenters. The molecule has 0 aliphatic carbocycles. The van der Waals surface area contributed by atoms with Gasteiger partial charge in [0.05, 0.1) is 18.1 Å². The molecule has 0 heterocycles. The molecule has 0 aromatic heterocycles. The van der Waals surface area contributed by atoms with Crippen molar-refractivity contribution < 1.29 is 23.1 Å². The van der Waals surface area contributed by atoms with E-state index < -0.39 is 21.7 Å². The zero-order valence-corrected chi connectivity index (χ0v) is 10.9. The highest BCUT2D eigenvalue weighted by Gasteiger charge is 2.15. The Labute approximate surface area is 106 Å². The van der Waals surface area contributed by atoms with Gasteiger partial charge in [-0.1, -0.05) is 6.08 Å². The Hall–Kier alpha value is -1.41. The largest absolute Gasteiger partial charge is 0.480 e. The number of amides is 1. The molecule has 0 aromatic carbocycles. The molecule has 0 saturated heterocycles. The van der Waals surface area contributed by atoms with Crippen LogP contribution in [0.5, 0.6) is 0 Å². The highest BCUT2D eigenvalue weighted by molar-refractivity contribution is 7.91. The van der Waals surface area contributed by atoms with Gasteiger partial charge in [-0.15, -0.1) is 6.58 Å². The zero-order valence-electron chi connectivity index (χ0n) is 10.0. The molecule has 1 amide bonds. The van der Waals surface area contributed by atoms with Gasteiger partial charge < -0.3 is 10.8 Å². The Morgan fingerprint density at radius 1 is 1.33 bits per heavy atom. The molecule has 0 fully saturated rings. The van der Waals surface area contributed by atoms with E-state index in [1.807, 2.05) is 0 Å². The maximum atomic E-state index is 11.5. The lowest BCUT2D eigenvalue weighted by atomic mass is 10.4. The maximum absolute atomic E-state index is 11.5. The first-order chi connectivity index (χ1) is 8.26. The second kappa shape index (κ2) is 7.83. The first-order valence-corrected chi connectivity index (χ1v) is 7.12. The maximum Gasteiger partial charge on any atom is 0.317 e. The van der Waals surface area contributed by atoms with Crippen molar-refractivity contribution in [1.82, 2.24) is 4.90 Å². The molecule has 0 rings (SSSR count). The van der Waals surface area contributed by atoms with E-state index in [0.29, 0.717) is 0 Å². The van der Waals surface area contributed by atoms with Crippen molar-refractivity contribution in [3.8, 4) is 0 Å². The molecular weight excluding hydrogens is 260 g/mol. The van der Waals surface area contributed by atoms with Gasteiger partial charge >= 0.3 is 5.97 Å². The number of carboxylic acid groups (broad SMARTS) is 1. The van der Waals surface area contributed by atoms with Crippen molar-refractivity contribution in [2.45, 2.75) is 6.42 Å². The van der Waals surface area contributed by atoms with Crippen LogP contribution in [0, 0.1) is 0 Å². The Morgan fingerprint density at radius 2 is 1.94 bits per heavy atom. The summed E-state index contributed by atoms with van der Waals surface area (Å²) in [6, 6.07) is 0. The van der Waals surface area contributed by atoms with Crippen molar-refractivity contribution in [2.24, 2.45) is 5.73 Å². The van der Waals surface area contributed by atoms with Crippen LogP contribution in [0.3, 0.4) is 0 Å². The smallest absolute Gasteiger partial charge is 0.317 e. The zero-order chi connectivity index (χ0) is 14.2. The summed E-state index contributed by atoms with van der Waals surface area (Å²) in [7, 11) is -3.40. The molecule has 3 N–H and O–H groups in total. The number of hydrogen-bond acceptors (Lipinski definition) is 5. The fraction of sp³-hybridized carbons (Fsp3) is 0.600. The molecule has 0 saturated carbocycles. The topological polar surface area (TPSA) is 118 Å². The molecule has 0 aliphatic heterocycles. The lowest BCUT2D eigenvalue weighted by molar-refractivity contribution is -0.138. The van der Waals surface area contributed by atoms with E-state index in [2.05, 4.69) is 6.58 Å². The van der Waals surface area contributed by atoms with Gasteiger partial charge in [-0.25, -0.2) is 8.42 Å². The summed E-state index contributed by atoms with van der Waals surface area (Å²) in [6.07, 6.45) is 1.28. The molecule has 0 bridgehead atoms. The highest BCUT2D eigenvalue weighted by atomic mass is 32.2. The second-order valence-electron chi connectivity index (χ2n) is 3.79. The van der Waals surface area contributed by atoms with Crippen LogP contribution in [0.4, 0.5) is 0 Å². The van der Waals surface area contributed by atoms with Crippen LogP contribution in [-0.4, -0.2) is 61.4 Å². The number of nitrogens with two attached hydrogens (primary N) is 1. The van der Waals surface area contributed by atoms with Gasteiger partial charge in [-0.3, -0.25) is 14.5 Å². The lowest BCUT2D eigenvalue weighted by Gasteiger charge is -2.17. The summed E-state index contributed by atoms with van der Waals surface area (Å²) in [4.78, 5) is 22.5. The molecule has 0 unspecified atom stereocenters. The summed E-state index contributed by atoms with van der Waals surface area (Å²) in [5.41, 5.74) is 4.86. The van der Waals surface area contributed by atoms with Crippen LogP contribution >= 0.6 is 0 Å². The SMILES string of the molecule is C=CCN(CCS(=O)(=O)CCC(N)=O)CC(=O)O. The van der Waals surface area contributed by atoms with E-state index in [1.165, 1.54) is 11.0 Å². The minimum atomic E-state index is -3.40. The average molecular weight is 278 g/mol. The number of nitrogens with zero attached hydrogens (tertiary/aromatic N) is 1. The van der Waals surface area contributed by atoms with E-state index in [9.17, 15) is 18.0 Å². The van der Waals surface area contributed by atoms with Crippen LogP contribution in [-0.2, 0) is 19.4 Å². The van der Waals surface area contributed by atoms with Crippen LogP contribution in [0.15, 0.2) is 12.7 Å². The number of carbonyl (C=O) groups is 2. The Morgan fingerprint density at radius 3 is 2.39 bits per heavy atom. The minimum Gasteiger partial charge on any atom is -0.480 e. The summed E-state index contributed by atoms with van der Waals surface area (Å²) in [6.45, 7) is 3.59. The summed E-state index contributed by atoms with van der Waals surface area (Å²) < 4.78 is 23.0. The standard InChI is InChI=1S/C10H18N2O5S/c1-2-4-12(8-10(14)15)5-7-18(16,17)6-3-9(11)13/h2H,1,3-8H2,(H2,11,13)(H,14,15). The Balaban J connectivity index is 4.27. The van der Waals surface area contributed by atoms with Gasteiger partial charge in [0.2, 0.25) is 5.91 Å². The number of aliphatic carboxylic acids is 1. The lowest BCUT2D eigenvalue weighted by Crippen LogP contribution is -2.34. The fourth-order valence-electron chi connectivity index (χ4n) is 1.24. The number of hydrogen-bond donors (Lipinski definition) is 2. The normalized spacial score (nSPS) is 11.4. The molecule has 18 heavy (non-hydrogen) atoms. The second-order valence-corrected chi connectivity index (χ2v) is 6.09. The fourth-order valence-corrected chi connectivity index (χ4v) is 2.49. The molecular formula is C10H18N2O5S. The first-order valence-electron chi connectivity index (χ1n) is 5.30. The number of carbonyl (C=O) groups excluding carboxylic acids is 1. The van der Waals surface area contributed by atoms with Crippen molar-refractivity contribution in [3.05, 3.63) is 12.7 Å². The molecule has 0 spiro atoms. The molecule has 7 nitrogen and oxygen atoms in total. The molecule has 0 aliphatic rings. The number of rotatable bonds is 10. The first kappa shape index (κ1) is 16.6. The third kappa shape index (κ3) is 8.71. The van der Waals surface area contributed by atoms with Crippen LogP contribution in [0.1, 0.15) is 6.42 Å². The van der Waals surface area contributed by atoms with Crippen LogP contribution in [0.2, 0.25) is 0 Å². The van der Waals surface area contributed by atoms with Gasteiger partial charge in [0.1, 0.15) is 0 Å². The Kier molecular flexibility index (Phi) is 7.21. The molecule has 0 aromatic rings. The van der Waals surface area contributed by atoms with Gasteiger partial charge in [0.15, 0.2) is 9.84 Å². The summed E-state index contributed by atoms with van der Waals surface area (Å²) in [5, 5.41) is 8.63. The quantitative estimate of drug-likeness (QED) is 0.487. The predicted octanol–water partition coefficient (Wildman–Crippen LogP) is -1.15. The van der Waals surface area contributed by atoms with Gasteiger partial charge in [0.25, 0.3) is 0 Å². The van der Waals surface area contributed by atoms with E-state index in [-0.39, 0.29) is 37.6 Å². The molecule has 8 heteroatoms. The van der Waals surface area contributed by atoms with Crippen molar-refractivity contribution in [1.29, 1.82) is 0 Å². The number of carboxylic acids is 1. The van der Waals surface area contributed by atoms with Gasteiger partial charge in [-0.2, -0.15) is 0 Å². The van der Waals surface area contributed by atoms with E-state index >= 15 is 0 Å². The predicted molar refractivity (Wildman–Crippen MR) is 66.7 cm³/mol. The van der Waals surface area contributed by atoms with Gasteiger partial charge in [-0.05, 0) is 0 Å². The van der Waals surface area contributed by atoms with Crippen LogP contribution in [0.25, 0.3) is 0 Å². The molecule has 104 valence electrons. The van der Waals surface area contributed by atoms with E-state index in [0.717, 1.165) is 0 Å². The van der Waals surface area contributed by atoms with E-state index in [4.69, 9.17) is 10.8 Å². The van der Waals surface area contributed by atoms with Crippen molar-refractivity contribution in [3.63, 3.8) is 0 Å². The molecule has 0 radical (unpaired) electrons.